The molecule has 0 spiro atoms. The molecule has 0 aliphatic rings. The summed E-state index contributed by atoms with van der Waals surface area (Å²) >= 11 is 0. The number of aryl methyl sites for hydroxylation is 1. The molecule has 1 aromatic carbocycles. The highest BCUT2D eigenvalue weighted by molar-refractivity contribution is 8.21. The molecule has 1 aromatic rings. The largest absolute Gasteiger partial charge is 0.293 e. The van der Waals surface area contributed by atoms with Crippen LogP contribution in [-0.2, 0) is 29.4 Å². The average Bonchev–Trinajstić information content (AvgIpc) is 2.16. The van der Waals surface area contributed by atoms with E-state index in [9.17, 15) is 16.8 Å². The molecule has 0 aromatic heterocycles. The van der Waals surface area contributed by atoms with E-state index in [2.05, 4.69) is 3.77 Å². The Hall–Kier alpha value is -0.990. The maximum Gasteiger partial charge on any atom is 0.293 e. The van der Waals surface area contributed by atoms with E-state index in [0.29, 0.717) is 0 Å². The van der Waals surface area contributed by atoms with Crippen molar-refractivity contribution in [3.05, 3.63) is 29.8 Å². The summed E-state index contributed by atoms with van der Waals surface area (Å²) in [6.45, 7) is 1.81. The molecule has 0 unspecified atom stereocenters. The predicted molar refractivity (Wildman–Crippen MR) is 57.1 cm³/mol. The topological polar surface area (TPSA) is 80.6 Å². The van der Waals surface area contributed by atoms with Crippen molar-refractivity contribution in [1.29, 1.82) is 0 Å². The van der Waals surface area contributed by atoms with Crippen LogP contribution in [0.5, 0.6) is 0 Å². The summed E-state index contributed by atoms with van der Waals surface area (Å²) in [4.78, 5) is -0.0222. The third kappa shape index (κ3) is 3.57. The Kier molecular flexibility index (Phi) is 3.77. The second kappa shape index (κ2) is 4.69. The number of hydrogen-bond acceptors (Lipinski definition) is 4. The maximum absolute atomic E-state index is 11.4. The minimum absolute atomic E-state index is 0.00906. The van der Waals surface area contributed by atoms with Crippen molar-refractivity contribution < 1.29 is 16.8 Å². The summed E-state index contributed by atoms with van der Waals surface area (Å²) in [6.07, 6.45) is 0. The van der Waals surface area contributed by atoms with Crippen LogP contribution < -0.4 is 0 Å². The van der Waals surface area contributed by atoms with Gasteiger partial charge in [0, 0.05) is 0 Å². The van der Waals surface area contributed by atoms with Crippen LogP contribution in [0, 0.1) is 6.92 Å². The van der Waals surface area contributed by atoms with Crippen LogP contribution in [0.3, 0.4) is 0 Å². The molecule has 0 atom stereocenters. The van der Waals surface area contributed by atoms with E-state index >= 15 is 0 Å². The van der Waals surface area contributed by atoms with Crippen LogP contribution >= 0.6 is 0 Å². The number of sulfonamides is 1. The van der Waals surface area contributed by atoms with Crippen LogP contribution in [0.4, 0.5) is 0 Å². The number of hydrogen-bond donors (Lipinski definition) is 0. The summed E-state index contributed by atoms with van der Waals surface area (Å²) in [5.41, 5.74) is 0.911. The molecule has 0 saturated heterocycles. The van der Waals surface area contributed by atoms with Crippen LogP contribution in [0.1, 0.15) is 5.56 Å². The zero-order valence-electron chi connectivity index (χ0n) is 7.61. The number of nitrogens with zero attached hydrogens (tertiary/aromatic N) is 1. The highest BCUT2D eigenvalue weighted by Gasteiger charge is 2.10. The average molecular weight is 265 g/mol. The van der Waals surface area contributed by atoms with Crippen molar-refractivity contribution in [1.82, 2.24) is 0 Å². The molecule has 0 bridgehead atoms. The van der Waals surface area contributed by atoms with Gasteiger partial charge in [0.15, 0.2) is 0 Å². The molecule has 5 nitrogen and oxygen atoms in total. The van der Waals surface area contributed by atoms with E-state index in [-0.39, 0.29) is 15.0 Å². The van der Waals surface area contributed by atoms with Gasteiger partial charge in [-0.1, -0.05) is 21.5 Å². The highest BCUT2D eigenvalue weighted by Crippen LogP contribution is 2.12. The van der Waals surface area contributed by atoms with Gasteiger partial charge in [0.2, 0.25) is 0 Å². The summed E-state index contributed by atoms with van der Waals surface area (Å²) in [5.74, 6) is 0. The zero-order valence-corrected chi connectivity index (χ0v) is 10.1. The molecular formula is C7H7NO4S3. The van der Waals surface area contributed by atoms with Crippen molar-refractivity contribution in [3.8, 4) is 0 Å². The van der Waals surface area contributed by atoms with Crippen LogP contribution in [0.25, 0.3) is 0 Å². The van der Waals surface area contributed by atoms with Gasteiger partial charge in [-0.2, -0.15) is 16.8 Å². The lowest BCUT2D eigenvalue weighted by molar-refractivity contribution is 0.598. The van der Waals surface area contributed by atoms with E-state index < -0.39 is 19.3 Å². The lowest BCUT2D eigenvalue weighted by Crippen LogP contribution is -1.95. The first-order valence-electron chi connectivity index (χ1n) is 3.72. The molecule has 0 fully saturated rings. The zero-order chi connectivity index (χ0) is 11.5. The second-order valence-electron chi connectivity index (χ2n) is 2.64. The van der Waals surface area contributed by atoms with Gasteiger partial charge in [-0.3, -0.25) is 0 Å². The van der Waals surface area contributed by atoms with E-state index in [1.165, 1.54) is 12.1 Å². The molecule has 0 saturated carbocycles. The van der Waals surface area contributed by atoms with Gasteiger partial charge in [0.25, 0.3) is 19.3 Å². The lowest BCUT2D eigenvalue weighted by atomic mass is 10.2. The smallest absolute Gasteiger partial charge is 0.198 e. The Labute approximate surface area is 91.7 Å². The van der Waals surface area contributed by atoms with Gasteiger partial charge in [0.05, 0.1) is 4.90 Å². The van der Waals surface area contributed by atoms with Crippen molar-refractivity contribution >= 4 is 29.4 Å². The Morgan fingerprint density at radius 1 is 1.20 bits per heavy atom. The van der Waals surface area contributed by atoms with Crippen LogP contribution in [-0.4, -0.2) is 16.8 Å². The summed E-state index contributed by atoms with van der Waals surface area (Å²) in [6, 6.07) is 5.98. The first kappa shape index (κ1) is 12.1. The summed E-state index contributed by atoms with van der Waals surface area (Å²) in [7, 11) is -6.46. The van der Waals surface area contributed by atoms with Crippen LogP contribution in [0.2, 0.25) is 0 Å². The fourth-order valence-corrected chi connectivity index (χ4v) is 3.33. The minimum Gasteiger partial charge on any atom is -0.198 e. The van der Waals surface area contributed by atoms with Crippen molar-refractivity contribution in [2.75, 3.05) is 0 Å². The fraction of sp³-hybridized carbons (Fsp3) is 0.143. The molecule has 8 heteroatoms. The Morgan fingerprint density at radius 2 is 1.73 bits per heavy atom. The quantitative estimate of drug-likeness (QED) is 0.790. The summed E-state index contributed by atoms with van der Waals surface area (Å²) in [5, 5.41) is 0. The van der Waals surface area contributed by atoms with Crippen LogP contribution in [0.15, 0.2) is 32.9 Å². The normalized spacial score (nSPS) is 10.7. The molecule has 0 heterocycles. The highest BCUT2D eigenvalue weighted by atomic mass is 32.8. The molecule has 0 amide bonds. The van der Waals surface area contributed by atoms with E-state index in [1.807, 2.05) is 6.92 Å². The van der Waals surface area contributed by atoms with E-state index in [0.717, 1.165) is 5.56 Å². The monoisotopic (exact) mass is 265 g/mol. The van der Waals surface area contributed by atoms with Gasteiger partial charge in [0.1, 0.15) is 10.1 Å². The standard InChI is InChI=1S/C7H7NO4S3/c1-6-2-4-7(5-3-6)15(11,12)8-13-14(9)10/h2-5H,1H3. The second-order valence-corrected chi connectivity index (χ2v) is 6.48. The van der Waals surface area contributed by atoms with Gasteiger partial charge in [-0.05, 0) is 19.1 Å². The van der Waals surface area contributed by atoms with E-state index in [4.69, 9.17) is 0 Å². The Bertz CT molecular complexity index is 613. The molecule has 1 rings (SSSR count). The third-order valence-corrected chi connectivity index (χ3v) is 4.44. The molecule has 0 N–H and O–H groups in total. The third-order valence-electron chi connectivity index (χ3n) is 1.51. The van der Waals surface area contributed by atoms with Gasteiger partial charge >= 0.3 is 0 Å². The lowest BCUT2D eigenvalue weighted by Gasteiger charge is -1.96. The number of rotatable bonds is 2. The maximum atomic E-state index is 11.4. The number of benzene rings is 1. The first-order chi connectivity index (χ1) is 6.92. The Morgan fingerprint density at radius 3 is 2.20 bits per heavy atom. The van der Waals surface area contributed by atoms with Gasteiger partial charge in [-0.15, -0.1) is 0 Å². The van der Waals surface area contributed by atoms with Crippen molar-refractivity contribution in [3.63, 3.8) is 0 Å². The first-order valence-corrected chi connectivity index (χ1v) is 7.53. The fourth-order valence-electron chi connectivity index (χ4n) is 0.818. The molecule has 15 heavy (non-hydrogen) atoms. The van der Waals surface area contributed by atoms with Crippen molar-refractivity contribution in [2.24, 2.45) is 3.77 Å². The van der Waals surface area contributed by atoms with Gasteiger partial charge < -0.3 is 0 Å². The molecule has 0 radical (unpaired) electrons. The minimum atomic E-state index is -3.88. The predicted octanol–water partition coefficient (Wildman–Crippen LogP) is 0.744. The van der Waals surface area contributed by atoms with Gasteiger partial charge in [-0.25, -0.2) is 0 Å². The molecule has 0 aliphatic carbocycles. The summed E-state index contributed by atoms with van der Waals surface area (Å²) < 4.78 is 46.1. The molecular weight excluding hydrogens is 258 g/mol. The SMILES string of the molecule is Cc1ccc(S(=O)(=O)N=S=S(=O)=O)cc1. The van der Waals surface area contributed by atoms with E-state index in [1.54, 1.807) is 12.1 Å². The molecule has 82 valence electrons. The molecule has 0 aliphatic heterocycles. The van der Waals surface area contributed by atoms with Crippen molar-refractivity contribution in [2.45, 2.75) is 11.8 Å². The Balaban J connectivity index is 3.31.